The van der Waals surface area contributed by atoms with Gasteiger partial charge in [0.1, 0.15) is 6.54 Å². The maximum atomic E-state index is 12.9. The monoisotopic (exact) mass is 352 g/mol. The van der Waals surface area contributed by atoms with Crippen molar-refractivity contribution in [2.45, 2.75) is 31.7 Å². The number of rotatable bonds is 7. The Labute approximate surface area is 153 Å². The molecule has 3 rings (SSSR count). The average molecular weight is 352 g/mol. The fourth-order valence-corrected chi connectivity index (χ4v) is 3.42. The van der Waals surface area contributed by atoms with Crippen LogP contribution < -0.4 is 10.2 Å². The van der Waals surface area contributed by atoms with Crippen molar-refractivity contribution in [2.24, 2.45) is 0 Å². The molecule has 0 saturated heterocycles. The summed E-state index contributed by atoms with van der Waals surface area (Å²) in [6, 6.07) is 17.5. The molecule has 0 aliphatic carbocycles. The number of para-hydroxylation sites is 1. The topological polar surface area (TPSA) is 69.6 Å². The van der Waals surface area contributed by atoms with Crippen molar-refractivity contribution in [3.05, 3.63) is 65.7 Å². The number of carboxylic acids is 1. The third kappa shape index (κ3) is 4.49. The standard InChI is InChI=1S/C21H24N2O3/c24-20(25)15-23-19-11-5-4-10-17(19)12-13-18(21(23)26)22-14-6-9-16-7-2-1-3-8-16/h1-5,7-8,10-11,18,22H,6,9,12-15H2,(H,24,25)/t18-/m0/s1. The van der Waals surface area contributed by atoms with E-state index in [9.17, 15) is 14.7 Å². The molecule has 2 aromatic rings. The highest BCUT2D eigenvalue weighted by Gasteiger charge is 2.30. The SMILES string of the molecule is O=C(O)CN1C(=O)[C@@H](NCCCc2ccccc2)CCc2ccccc21. The quantitative estimate of drug-likeness (QED) is 0.752. The Morgan fingerprint density at radius 3 is 2.62 bits per heavy atom. The summed E-state index contributed by atoms with van der Waals surface area (Å²) in [5.41, 5.74) is 3.02. The Morgan fingerprint density at radius 2 is 1.85 bits per heavy atom. The molecule has 0 fully saturated rings. The Bertz CT molecular complexity index is 761. The first-order valence-electron chi connectivity index (χ1n) is 9.03. The predicted octanol–water partition coefficient (Wildman–Crippen LogP) is 2.64. The molecule has 136 valence electrons. The van der Waals surface area contributed by atoms with E-state index < -0.39 is 5.97 Å². The highest BCUT2D eigenvalue weighted by molar-refractivity contribution is 6.01. The summed E-state index contributed by atoms with van der Waals surface area (Å²) < 4.78 is 0. The summed E-state index contributed by atoms with van der Waals surface area (Å²) in [5.74, 6) is -1.16. The van der Waals surface area contributed by atoms with Gasteiger partial charge in [0.2, 0.25) is 5.91 Å². The van der Waals surface area contributed by atoms with Crippen LogP contribution in [0.5, 0.6) is 0 Å². The first-order chi connectivity index (χ1) is 12.6. The van der Waals surface area contributed by atoms with E-state index in [1.54, 1.807) is 0 Å². The van der Waals surface area contributed by atoms with Gasteiger partial charge in [-0.1, -0.05) is 48.5 Å². The molecule has 1 amide bonds. The largest absolute Gasteiger partial charge is 0.480 e. The van der Waals surface area contributed by atoms with E-state index in [2.05, 4.69) is 17.4 Å². The maximum absolute atomic E-state index is 12.9. The van der Waals surface area contributed by atoms with Crippen LogP contribution in [0.3, 0.4) is 0 Å². The number of fused-ring (bicyclic) bond motifs is 1. The van der Waals surface area contributed by atoms with E-state index >= 15 is 0 Å². The van der Waals surface area contributed by atoms with Gasteiger partial charge in [-0.05, 0) is 49.4 Å². The molecular weight excluding hydrogens is 328 g/mol. The lowest BCUT2D eigenvalue weighted by Crippen LogP contribution is -2.47. The van der Waals surface area contributed by atoms with Crippen molar-refractivity contribution >= 4 is 17.6 Å². The third-order valence-corrected chi connectivity index (χ3v) is 4.72. The van der Waals surface area contributed by atoms with Crippen LogP contribution >= 0.6 is 0 Å². The molecular formula is C21H24N2O3. The van der Waals surface area contributed by atoms with Crippen LogP contribution in [0.25, 0.3) is 0 Å². The van der Waals surface area contributed by atoms with Crippen molar-refractivity contribution < 1.29 is 14.7 Å². The van der Waals surface area contributed by atoms with Crippen LogP contribution in [-0.4, -0.2) is 36.1 Å². The molecule has 0 spiro atoms. The number of nitrogens with zero attached hydrogens (tertiary/aromatic N) is 1. The van der Waals surface area contributed by atoms with E-state index in [1.165, 1.54) is 10.5 Å². The van der Waals surface area contributed by atoms with Gasteiger partial charge in [-0.15, -0.1) is 0 Å². The lowest BCUT2D eigenvalue weighted by Gasteiger charge is -2.24. The molecule has 0 aromatic heterocycles. The highest BCUT2D eigenvalue weighted by Crippen LogP contribution is 2.26. The zero-order chi connectivity index (χ0) is 18.4. The molecule has 5 nitrogen and oxygen atoms in total. The van der Waals surface area contributed by atoms with Gasteiger partial charge < -0.3 is 10.4 Å². The van der Waals surface area contributed by atoms with Crippen LogP contribution in [0, 0.1) is 0 Å². The number of nitrogens with one attached hydrogen (secondary N) is 1. The molecule has 2 N–H and O–H groups in total. The van der Waals surface area contributed by atoms with Gasteiger partial charge in [0, 0.05) is 5.69 Å². The molecule has 1 aliphatic heterocycles. The number of carbonyl (C=O) groups is 2. The number of hydrogen-bond donors (Lipinski definition) is 2. The summed E-state index contributed by atoms with van der Waals surface area (Å²) in [6.07, 6.45) is 3.32. The molecule has 26 heavy (non-hydrogen) atoms. The van der Waals surface area contributed by atoms with Gasteiger partial charge >= 0.3 is 5.97 Å². The molecule has 1 atom stereocenters. The van der Waals surface area contributed by atoms with Crippen molar-refractivity contribution in [3.63, 3.8) is 0 Å². The second kappa shape index (κ2) is 8.63. The van der Waals surface area contributed by atoms with Gasteiger partial charge in [-0.3, -0.25) is 14.5 Å². The number of amides is 1. The summed E-state index contributed by atoms with van der Waals surface area (Å²) >= 11 is 0. The summed E-state index contributed by atoms with van der Waals surface area (Å²) in [7, 11) is 0. The molecule has 1 aliphatic rings. The van der Waals surface area contributed by atoms with Crippen LogP contribution in [0.15, 0.2) is 54.6 Å². The summed E-state index contributed by atoms with van der Waals surface area (Å²) in [4.78, 5) is 25.6. The molecule has 0 radical (unpaired) electrons. The van der Waals surface area contributed by atoms with Gasteiger partial charge in [0.25, 0.3) is 0 Å². The number of benzene rings is 2. The van der Waals surface area contributed by atoms with E-state index in [4.69, 9.17) is 0 Å². The van der Waals surface area contributed by atoms with Gasteiger partial charge in [0.15, 0.2) is 0 Å². The second-order valence-corrected chi connectivity index (χ2v) is 6.58. The number of hydrogen-bond acceptors (Lipinski definition) is 3. The Morgan fingerprint density at radius 1 is 1.12 bits per heavy atom. The van der Waals surface area contributed by atoms with Crippen LogP contribution in [0.1, 0.15) is 24.0 Å². The molecule has 1 heterocycles. The van der Waals surface area contributed by atoms with Crippen LogP contribution in [0.2, 0.25) is 0 Å². The maximum Gasteiger partial charge on any atom is 0.323 e. The van der Waals surface area contributed by atoms with E-state index in [0.717, 1.165) is 31.4 Å². The van der Waals surface area contributed by atoms with Crippen molar-refractivity contribution in [1.82, 2.24) is 5.32 Å². The van der Waals surface area contributed by atoms with Crippen molar-refractivity contribution in [3.8, 4) is 0 Å². The van der Waals surface area contributed by atoms with Gasteiger partial charge in [0.05, 0.1) is 6.04 Å². The third-order valence-electron chi connectivity index (χ3n) is 4.72. The summed E-state index contributed by atoms with van der Waals surface area (Å²) in [6.45, 7) is 0.417. The first kappa shape index (κ1) is 18.1. The van der Waals surface area contributed by atoms with Crippen LogP contribution in [-0.2, 0) is 22.4 Å². The molecule has 0 saturated carbocycles. The Balaban J connectivity index is 1.63. The normalized spacial score (nSPS) is 16.8. The zero-order valence-electron chi connectivity index (χ0n) is 14.7. The Hall–Kier alpha value is -2.66. The van der Waals surface area contributed by atoms with E-state index in [-0.39, 0.29) is 18.5 Å². The molecule has 5 heteroatoms. The number of anilines is 1. The lowest BCUT2D eigenvalue weighted by atomic mass is 10.1. The predicted molar refractivity (Wildman–Crippen MR) is 101 cm³/mol. The van der Waals surface area contributed by atoms with Crippen molar-refractivity contribution in [2.75, 3.05) is 18.0 Å². The second-order valence-electron chi connectivity index (χ2n) is 6.58. The minimum Gasteiger partial charge on any atom is -0.480 e. The zero-order valence-corrected chi connectivity index (χ0v) is 14.7. The Kier molecular flexibility index (Phi) is 6.02. The highest BCUT2D eigenvalue weighted by atomic mass is 16.4. The number of carbonyl (C=O) groups excluding carboxylic acids is 1. The number of carboxylic acid groups (broad SMARTS) is 1. The number of aliphatic carboxylic acids is 1. The molecule has 0 bridgehead atoms. The molecule has 2 aromatic carbocycles. The van der Waals surface area contributed by atoms with Crippen LogP contribution in [0.4, 0.5) is 5.69 Å². The minimum atomic E-state index is -1.00. The van der Waals surface area contributed by atoms with Gasteiger partial charge in [-0.2, -0.15) is 0 Å². The number of aryl methyl sites for hydroxylation is 2. The smallest absolute Gasteiger partial charge is 0.323 e. The summed E-state index contributed by atoms with van der Waals surface area (Å²) in [5, 5.41) is 12.5. The lowest BCUT2D eigenvalue weighted by molar-refractivity contribution is -0.136. The van der Waals surface area contributed by atoms with Crippen molar-refractivity contribution in [1.29, 1.82) is 0 Å². The average Bonchev–Trinajstić information content (AvgIpc) is 2.78. The first-order valence-corrected chi connectivity index (χ1v) is 9.03. The molecule has 0 unspecified atom stereocenters. The van der Waals surface area contributed by atoms with Gasteiger partial charge in [-0.25, -0.2) is 0 Å². The fourth-order valence-electron chi connectivity index (χ4n) is 3.42. The van der Waals surface area contributed by atoms with E-state index in [1.807, 2.05) is 42.5 Å². The fraction of sp³-hybridized carbons (Fsp3) is 0.333. The minimum absolute atomic E-state index is 0.155. The van der Waals surface area contributed by atoms with E-state index in [0.29, 0.717) is 12.1 Å².